The second-order valence-corrected chi connectivity index (χ2v) is 8.14. The summed E-state index contributed by atoms with van der Waals surface area (Å²) < 4.78 is 16.8. The third kappa shape index (κ3) is 5.34. The zero-order valence-electron chi connectivity index (χ0n) is 20.2. The highest BCUT2D eigenvalue weighted by Crippen LogP contribution is 2.28. The summed E-state index contributed by atoms with van der Waals surface area (Å²) in [6.45, 7) is -0.344. The van der Waals surface area contributed by atoms with Gasteiger partial charge < -0.3 is 24.8 Å². The first-order chi connectivity index (χ1) is 17.9. The molecule has 0 saturated carbocycles. The van der Waals surface area contributed by atoms with Gasteiger partial charge in [0.25, 0.3) is 11.5 Å². The summed E-state index contributed by atoms with van der Waals surface area (Å²) in [5, 5.41) is 10.5. The van der Waals surface area contributed by atoms with Crippen LogP contribution in [0.5, 0.6) is 17.2 Å². The van der Waals surface area contributed by atoms with Crippen LogP contribution < -0.4 is 30.4 Å². The molecule has 4 rings (SSSR count). The Hall–Kier alpha value is -4.57. The molecular formula is C26H23ClN4O6. The van der Waals surface area contributed by atoms with E-state index < -0.39 is 17.4 Å². The highest BCUT2D eigenvalue weighted by Gasteiger charge is 2.20. The van der Waals surface area contributed by atoms with Gasteiger partial charge in [-0.3, -0.25) is 14.4 Å². The third-order valence-corrected chi connectivity index (χ3v) is 5.78. The average Bonchev–Trinajstić information content (AvgIpc) is 2.92. The first kappa shape index (κ1) is 25.5. The summed E-state index contributed by atoms with van der Waals surface area (Å²) in [7, 11) is 4.45. The second kappa shape index (κ2) is 11.0. The lowest BCUT2D eigenvalue weighted by molar-refractivity contribution is -0.115. The standard InChI is InChI=1S/C26H23ClN4O6/c1-35-16-9-10-20(22(13-16)37-3)31-26(34)18-7-5-4-6-17(18)24(30-31)25(33)28-14-23(32)29-15-8-11-21(36-2)19(27)12-15/h4-13H,14H2,1-3H3,(H,28,33)(H,29,32). The number of nitrogens with one attached hydrogen (secondary N) is 2. The molecule has 0 bridgehead atoms. The molecule has 190 valence electrons. The summed E-state index contributed by atoms with van der Waals surface area (Å²) in [4.78, 5) is 38.9. The molecule has 0 fully saturated rings. The maximum atomic E-state index is 13.3. The van der Waals surface area contributed by atoms with Crippen molar-refractivity contribution in [3.63, 3.8) is 0 Å². The number of carbonyl (C=O) groups excluding carboxylic acids is 2. The monoisotopic (exact) mass is 522 g/mol. The molecule has 37 heavy (non-hydrogen) atoms. The number of hydrogen-bond acceptors (Lipinski definition) is 7. The number of hydrogen-bond donors (Lipinski definition) is 2. The molecule has 0 radical (unpaired) electrons. The van der Waals surface area contributed by atoms with Crippen LogP contribution in [0.25, 0.3) is 16.5 Å². The molecule has 0 atom stereocenters. The number of ether oxygens (including phenoxy) is 3. The fourth-order valence-corrected chi connectivity index (χ4v) is 3.93. The summed E-state index contributed by atoms with van der Waals surface area (Å²) >= 11 is 6.09. The van der Waals surface area contributed by atoms with Gasteiger partial charge in [-0.2, -0.15) is 9.78 Å². The van der Waals surface area contributed by atoms with E-state index >= 15 is 0 Å². The number of halogens is 1. The summed E-state index contributed by atoms with van der Waals surface area (Å²) in [6.07, 6.45) is 0. The Morgan fingerprint density at radius 2 is 1.65 bits per heavy atom. The number of amides is 2. The molecule has 0 aliphatic carbocycles. The van der Waals surface area contributed by atoms with Crippen LogP contribution in [0.15, 0.2) is 65.5 Å². The van der Waals surface area contributed by atoms with Crippen molar-refractivity contribution in [2.24, 2.45) is 0 Å². The van der Waals surface area contributed by atoms with Crippen LogP contribution >= 0.6 is 11.6 Å². The molecule has 1 aromatic heterocycles. The van der Waals surface area contributed by atoms with Crippen LogP contribution in [0.3, 0.4) is 0 Å². The Balaban J connectivity index is 1.63. The van der Waals surface area contributed by atoms with Crippen LogP contribution in [0.2, 0.25) is 5.02 Å². The minimum Gasteiger partial charge on any atom is -0.497 e. The van der Waals surface area contributed by atoms with Crippen molar-refractivity contribution < 1.29 is 23.8 Å². The van der Waals surface area contributed by atoms with Crippen molar-refractivity contribution in [1.29, 1.82) is 0 Å². The number of fused-ring (bicyclic) bond motifs is 1. The molecule has 3 aromatic carbocycles. The number of benzene rings is 3. The molecule has 2 amide bonds. The first-order valence-corrected chi connectivity index (χ1v) is 11.4. The molecule has 0 unspecified atom stereocenters. The Morgan fingerprint density at radius 1 is 0.919 bits per heavy atom. The van der Waals surface area contributed by atoms with Crippen LogP contribution in [-0.2, 0) is 4.79 Å². The van der Waals surface area contributed by atoms with Crippen molar-refractivity contribution in [1.82, 2.24) is 15.1 Å². The molecular weight excluding hydrogens is 500 g/mol. The summed E-state index contributed by atoms with van der Waals surface area (Å²) in [5.74, 6) is 0.198. The predicted octanol–water partition coefficient (Wildman–Crippen LogP) is 3.43. The highest BCUT2D eigenvalue weighted by atomic mass is 35.5. The molecule has 10 nitrogen and oxygen atoms in total. The minimum atomic E-state index is -0.639. The molecule has 2 N–H and O–H groups in total. The van der Waals surface area contributed by atoms with Crippen LogP contribution in [0.1, 0.15) is 10.5 Å². The van der Waals surface area contributed by atoms with Gasteiger partial charge in [0, 0.05) is 17.1 Å². The Bertz CT molecular complexity index is 1550. The number of aromatic nitrogens is 2. The molecule has 0 spiro atoms. The van der Waals surface area contributed by atoms with Gasteiger partial charge in [-0.25, -0.2) is 0 Å². The Morgan fingerprint density at radius 3 is 2.32 bits per heavy atom. The largest absolute Gasteiger partial charge is 0.497 e. The maximum Gasteiger partial charge on any atom is 0.279 e. The molecule has 0 aliphatic rings. The smallest absolute Gasteiger partial charge is 0.279 e. The quantitative estimate of drug-likeness (QED) is 0.363. The number of anilines is 1. The van der Waals surface area contributed by atoms with E-state index in [-0.39, 0.29) is 17.6 Å². The molecule has 11 heteroatoms. The number of rotatable bonds is 8. The molecule has 0 aliphatic heterocycles. The van der Waals surface area contributed by atoms with Crippen molar-refractivity contribution in [2.75, 3.05) is 33.2 Å². The van der Waals surface area contributed by atoms with Crippen LogP contribution in [0, 0.1) is 0 Å². The van der Waals surface area contributed by atoms with E-state index in [2.05, 4.69) is 15.7 Å². The lowest BCUT2D eigenvalue weighted by Crippen LogP contribution is -2.35. The summed E-state index contributed by atoms with van der Waals surface area (Å²) in [5.41, 5.74) is 0.286. The fourth-order valence-electron chi connectivity index (χ4n) is 3.67. The molecule has 0 saturated heterocycles. The van der Waals surface area contributed by atoms with Crippen molar-refractivity contribution in [3.8, 4) is 22.9 Å². The number of carbonyl (C=O) groups is 2. The molecule has 1 heterocycles. The zero-order valence-corrected chi connectivity index (χ0v) is 21.0. The highest BCUT2D eigenvalue weighted by molar-refractivity contribution is 6.32. The van der Waals surface area contributed by atoms with Crippen LogP contribution in [0.4, 0.5) is 5.69 Å². The first-order valence-electron chi connectivity index (χ1n) is 11.0. The van der Waals surface area contributed by atoms with Gasteiger partial charge in [-0.05, 0) is 36.4 Å². The third-order valence-electron chi connectivity index (χ3n) is 5.48. The van der Waals surface area contributed by atoms with E-state index in [9.17, 15) is 14.4 Å². The fraction of sp³-hybridized carbons (Fsp3) is 0.154. The maximum absolute atomic E-state index is 13.3. The van der Waals surface area contributed by atoms with E-state index in [1.54, 1.807) is 54.6 Å². The van der Waals surface area contributed by atoms with Crippen molar-refractivity contribution >= 4 is 39.9 Å². The number of nitrogens with zero attached hydrogens (tertiary/aromatic N) is 2. The molecule has 4 aromatic rings. The topological polar surface area (TPSA) is 121 Å². The van der Waals surface area contributed by atoms with E-state index in [1.165, 1.54) is 27.4 Å². The van der Waals surface area contributed by atoms with Gasteiger partial charge in [0.2, 0.25) is 5.91 Å². The van der Waals surface area contributed by atoms with E-state index in [0.29, 0.717) is 39.0 Å². The SMILES string of the molecule is COc1ccc(-n2nc(C(=O)NCC(=O)Nc3ccc(OC)c(Cl)c3)c3ccccc3c2=O)c(OC)c1. The van der Waals surface area contributed by atoms with Gasteiger partial charge in [-0.15, -0.1) is 0 Å². The van der Waals surface area contributed by atoms with E-state index in [0.717, 1.165) is 4.68 Å². The Kier molecular flexibility index (Phi) is 7.59. The zero-order chi connectivity index (χ0) is 26.5. The van der Waals surface area contributed by atoms with Crippen molar-refractivity contribution in [2.45, 2.75) is 0 Å². The van der Waals surface area contributed by atoms with E-state index in [1.807, 2.05) is 0 Å². The second-order valence-electron chi connectivity index (χ2n) is 7.73. The van der Waals surface area contributed by atoms with Gasteiger partial charge in [0.1, 0.15) is 22.9 Å². The van der Waals surface area contributed by atoms with Gasteiger partial charge >= 0.3 is 0 Å². The summed E-state index contributed by atoms with van der Waals surface area (Å²) in [6, 6.07) is 16.2. The van der Waals surface area contributed by atoms with Crippen molar-refractivity contribution in [3.05, 3.63) is 81.7 Å². The predicted molar refractivity (Wildman–Crippen MR) is 139 cm³/mol. The van der Waals surface area contributed by atoms with Gasteiger partial charge in [0.05, 0.1) is 38.3 Å². The van der Waals surface area contributed by atoms with Crippen LogP contribution in [-0.4, -0.2) is 49.5 Å². The number of methoxy groups -OCH3 is 3. The minimum absolute atomic E-state index is 0.0339. The lowest BCUT2D eigenvalue weighted by Gasteiger charge is -2.14. The van der Waals surface area contributed by atoms with Gasteiger partial charge in [-0.1, -0.05) is 29.8 Å². The average molecular weight is 523 g/mol. The van der Waals surface area contributed by atoms with Gasteiger partial charge in [0.15, 0.2) is 5.69 Å². The lowest BCUT2D eigenvalue weighted by atomic mass is 10.1. The Labute approximate surface area is 216 Å². The normalized spacial score (nSPS) is 10.6. The van der Waals surface area contributed by atoms with E-state index in [4.69, 9.17) is 25.8 Å².